The van der Waals surface area contributed by atoms with Gasteiger partial charge < -0.3 is 0 Å². The Morgan fingerprint density at radius 2 is 1.83 bits per heavy atom. The molecule has 2 rings (SSSR count). The van der Waals surface area contributed by atoms with Crippen LogP contribution in [0.3, 0.4) is 0 Å². The van der Waals surface area contributed by atoms with Crippen LogP contribution in [0.15, 0.2) is 18.2 Å². The molecular formula is C10H9STl. The van der Waals surface area contributed by atoms with Crippen molar-refractivity contribution in [2.75, 3.05) is 0 Å². The molecule has 0 saturated heterocycles. The minimum atomic E-state index is 0.978. The summed E-state index contributed by atoms with van der Waals surface area (Å²) in [6.07, 6.45) is 0. The summed E-state index contributed by atoms with van der Waals surface area (Å²) < 4.78 is 3.06. The van der Waals surface area contributed by atoms with Gasteiger partial charge in [-0.15, -0.1) is 0 Å². The molecule has 0 radical (unpaired) electrons. The van der Waals surface area contributed by atoms with E-state index >= 15 is 0 Å². The van der Waals surface area contributed by atoms with E-state index in [9.17, 15) is 0 Å². The Morgan fingerprint density at radius 3 is 2.50 bits per heavy atom. The van der Waals surface area contributed by atoms with Gasteiger partial charge >= 0.3 is 92.8 Å². The number of fused-ring (bicyclic) bond motifs is 1. The molecule has 0 atom stereocenters. The van der Waals surface area contributed by atoms with Gasteiger partial charge in [0.25, 0.3) is 0 Å². The second-order valence-corrected chi connectivity index (χ2v) is 8.22. The van der Waals surface area contributed by atoms with Crippen LogP contribution in [0.25, 0.3) is 10.1 Å². The van der Waals surface area contributed by atoms with Gasteiger partial charge in [0.05, 0.1) is 0 Å². The van der Waals surface area contributed by atoms with E-state index in [0.717, 1.165) is 25.8 Å². The van der Waals surface area contributed by atoms with E-state index in [1.54, 1.807) is 2.44 Å². The van der Waals surface area contributed by atoms with Crippen LogP contribution in [0.4, 0.5) is 0 Å². The second kappa shape index (κ2) is 3.11. The minimum absolute atomic E-state index is 0.978. The summed E-state index contributed by atoms with van der Waals surface area (Å²) >= 11 is 2.94. The van der Waals surface area contributed by atoms with Crippen LogP contribution in [0.2, 0.25) is 0 Å². The molecule has 0 saturated carbocycles. The molecular weight excluding hydrogens is 357 g/mol. The van der Waals surface area contributed by atoms with Gasteiger partial charge in [-0.25, -0.2) is 0 Å². The molecule has 12 heavy (non-hydrogen) atoms. The number of rotatable bonds is 0. The number of hydrogen-bond acceptors (Lipinski definition) is 1. The monoisotopic (exact) mass is 366 g/mol. The van der Waals surface area contributed by atoms with Crippen molar-refractivity contribution in [1.82, 2.24) is 0 Å². The molecule has 0 unspecified atom stereocenters. The summed E-state index contributed by atoms with van der Waals surface area (Å²) in [6.45, 7) is 4.39. The average molecular weight is 366 g/mol. The number of thiophene rings is 1. The van der Waals surface area contributed by atoms with Crippen LogP contribution in [0, 0.1) is 13.8 Å². The Kier molecular flexibility index (Phi) is 2.25. The van der Waals surface area contributed by atoms with Crippen LogP contribution in [-0.4, -0.2) is 25.8 Å². The van der Waals surface area contributed by atoms with Gasteiger partial charge in [-0.05, 0) is 0 Å². The zero-order valence-electron chi connectivity index (χ0n) is 7.22. The summed E-state index contributed by atoms with van der Waals surface area (Å²) in [6, 6.07) is 6.79. The first-order valence-corrected chi connectivity index (χ1v) is 7.00. The van der Waals surface area contributed by atoms with Crippen molar-refractivity contribution in [1.29, 1.82) is 0 Å². The molecule has 2 heteroatoms. The molecule has 1 aromatic carbocycles. The first-order chi connectivity index (χ1) is 5.68. The summed E-state index contributed by atoms with van der Waals surface area (Å²) in [4.78, 5) is 0. The Labute approximate surface area is 92.3 Å². The molecule has 0 aliphatic rings. The average Bonchev–Trinajstić information content (AvgIpc) is 2.41. The number of aryl methyl sites for hydroxylation is 2. The van der Waals surface area contributed by atoms with E-state index < -0.39 is 0 Å². The molecule has 1 aromatic heterocycles. The second-order valence-electron chi connectivity index (χ2n) is 3.09. The van der Waals surface area contributed by atoms with E-state index in [1.807, 2.05) is 11.3 Å². The molecule has 2 aromatic rings. The van der Waals surface area contributed by atoms with E-state index in [4.69, 9.17) is 0 Å². The topological polar surface area (TPSA) is 0 Å². The fourth-order valence-electron chi connectivity index (χ4n) is 1.41. The normalized spacial score (nSPS) is 10.8. The number of hydrogen-bond donors (Lipinski definition) is 0. The van der Waals surface area contributed by atoms with Gasteiger partial charge in [-0.1, -0.05) is 0 Å². The van der Waals surface area contributed by atoms with E-state index in [2.05, 4.69) is 32.0 Å². The molecule has 0 spiro atoms. The van der Waals surface area contributed by atoms with E-state index in [1.165, 1.54) is 21.2 Å². The van der Waals surface area contributed by atoms with Crippen LogP contribution < -0.4 is 2.44 Å². The van der Waals surface area contributed by atoms with E-state index in [0.29, 0.717) is 0 Å². The van der Waals surface area contributed by atoms with Crippen molar-refractivity contribution in [3.8, 4) is 0 Å². The summed E-state index contributed by atoms with van der Waals surface area (Å²) in [5, 5.41) is 1.47. The number of benzene rings is 1. The third-order valence-corrected chi connectivity index (χ3v) is 5.24. The summed E-state index contributed by atoms with van der Waals surface area (Å²) in [5.41, 5.74) is 2.84. The standard InChI is InChI=1S/C10H9S.Tl/c1-7-3-4-8(2)10-9(7)5-6-11-10;/h3-5H,1-2H3;. The zero-order chi connectivity index (χ0) is 8.72. The van der Waals surface area contributed by atoms with Gasteiger partial charge in [-0.2, -0.15) is 0 Å². The van der Waals surface area contributed by atoms with Crippen LogP contribution in [-0.2, 0) is 0 Å². The fraction of sp³-hybridized carbons (Fsp3) is 0.200. The first kappa shape index (κ1) is 8.69. The fourth-order valence-corrected chi connectivity index (χ4v) is 4.41. The Bertz CT molecular complexity index is 390. The predicted octanol–water partition coefficient (Wildman–Crippen LogP) is 2.31. The Hall–Kier alpha value is 0.102. The van der Waals surface area contributed by atoms with Crippen molar-refractivity contribution in [3.63, 3.8) is 0 Å². The maximum absolute atomic E-state index is 2.35. The molecule has 0 bridgehead atoms. The van der Waals surface area contributed by atoms with Crippen LogP contribution in [0.5, 0.6) is 0 Å². The van der Waals surface area contributed by atoms with Gasteiger partial charge in [0.2, 0.25) is 0 Å². The van der Waals surface area contributed by atoms with Crippen LogP contribution >= 0.6 is 11.3 Å². The Balaban J connectivity index is 2.93. The predicted molar refractivity (Wildman–Crippen MR) is 56.7 cm³/mol. The third-order valence-electron chi connectivity index (χ3n) is 2.12. The van der Waals surface area contributed by atoms with Gasteiger partial charge in [0.15, 0.2) is 0 Å². The molecule has 58 valence electrons. The van der Waals surface area contributed by atoms with Crippen LogP contribution in [0.1, 0.15) is 11.1 Å². The van der Waals surface area contributed by atoms with Gasteiger partial charge in [0.1, 0.15) is 0 Å². The first-order valence-electron chi connectivity index (χ1n) is 3.93. The van der Waals surface area contributed by atoms with Gasteiger partial charge in [0, 0.05) is 0 Å². The molecule has 1 heterocycles. The summed E-state index contributed by atoms with van der Waals surface area (Å²) in [5.74, 6) is 0. The SMILES string of the molecule is Cc1ccc(C)c2s[c]([Tl])cc12. The summed E-state index contributed by atoms with van der Waals surface area (Å²) in [7, 11) is 0. The van der Waals surface area contributed by atoms with Crippen molar-refractivity contribution in [2.24, 2.45) is 0 Å². The third kappa shape index (κ3) is 1.33. The maximum atomic E-state index is 2.35. The molecule has 0 aliphatic heterocycles. The van der Waals surface area contributed by atoms with Crippen molar-refractivity contribution in [2.45, 2.75) is 13.8 Å². The molecule has 0 N–H and O–H groups in total. The molecule has 0 amide bonds. The molecule has 0 aliphatic carbocycles. The zero-order valence-corrected chi connectivity index (χ0v) is 12.5. The Morgan fingerprint density at radius 1 is 1.17 bits per heavy atom. The quantitative estimate of drug-likeness (QED) is 0.629. The molecule has 0 nitrogen and oxygen atoms in total. The van der Waals surface area contributed by atoms with Crippen molar-refractivity contribution in [3.05, 3.63) is 29.3 Å². The van der Waals surface area contributed by atoms with Crippen molar-refractivity contribution < 1.29 is 0 Å². The van der Waals surface area contributed by atoms with Gasteiger partial charge in [-0.3, -0.25) is 0 Å². The van der Waals surface area contributed by atoms with E-state index in [-0.39, 0.29) is 0 Å². The molecule has 0 fully saturated rings. The van der Waals surface area contributed by atoms with Crippen molar-refractivity contribution >= 4 is 49.6 Å².